The average molecular weight is 273 g/mol. The van der Waals surface area contributed by atoms with Gasteiger partial charge in [0.2, 0.25) is 0 Å². The molecule has 1 heterocycles. The normalized spacial score (nSPS) is 17.7. The summed E-state index contributed by atoms with van der Waals surface area (Å²) in [4.78, 5) is 0. The molecule has 0 radical (unpaired) electrons. The molecular weight excluding hydrogens is 254 g/mol. The van der Waals surface area contributed by atoms with E-state index >= 15 is 0 Å². The summed E-state index contributed by atoms with van der Waals surface area (Å²) in [6, 6.07) is 8.66. The Hall–Kier alpha value is -1.95. The van der Waals surface area contributed by atoms with Gasteiger partial charge in [0, 0.05) is 6.04 Å². The Morgan fingerprint density at radius 3 is 2.60 bits per heavy atom. The van der Waals surface area contributed by atoms with Crippen LogP contribution < -0.4 is 10.1 Å². The molecule has 2 atom stereocenters. The zero-order valence-electron chi connectivity index (χ0n) is 11.7. The zero-order valence-corrected chi connectivity index (χ0v) is 11.7. The number of hydrogen-bond donors (Lipinski definition) is 2. The van der Waals surface area contributed by atoms with E-state index in [0.29, 0.717) is 17.8 Å². The highest BCUT2D eigenvalue weighted by Crippen LogP contribution is 2.42. The van der Waals surface area contributed by atoms with Crippen LogP contribution in [0.25, 0.3) is 0 Å². The van der Waals surface area contributed by atoms with Crippen molar-refractivity contribution in [1.82, 2.24) is 25.9 Å². The van der Waals surface area contributed by atoms with Crippen molar-refractivity contribution in [3.05, 3.63) is 35.7 Å². The Bertz CT molecular complexity index is 535. The van der Waals surface area contributed by atoms with Gasteiger partial charge in [0.05, 0.1) is 13.2 Å². The first-order valence-electron chi connectivity index (χ1n) is 6.91. The number of aromatic nitrogens is 4. The molecule has 0 amide bonds. The van der Waals surface area contributed by atoms with Crippen molar-refractivity contribution in [2.45, 2.75) is 31.8 Å². The lowest BCUT2D eigenvalue weighted by Gasteiger charge is -2.22. The molecule has 1 fully saturated rings. The summed E-state index contributed by atoms with van der Waals surface area (Å²) in [6.07, 6.45) is 2.53. The molecule has 6 nitrogen and oxygen atoms in total. The van der Waals surface area contributed by atoms with E-state index in [2.05, 4.69) is 45.0 Å². The van der Waals surface area contributed by atoms with Crippen LogP contribution in [0.15, 0.2) is 24.3 Å². The fraction of sp³-hybridized carbons (Fsp3) is 0.500. The summed E-state index contributed by atoms with van der Waals surface area (Å²) in [5, 5.41) is 17.8. The van der Waals surface area contributed by atoms with Crippen LogP contribution in [0.4, 0.5) is 0 Å². The van der Waals surface area contributed by atoms with E-state index in [4.69, 9.17) is 4.74 Å². The maximum atomic E-state index is 5.21. The molecule has 2 N–H and O–H groups in total. The van der Waals surface area contributed by atoms with E-state index < -0.39 is 0 Å². The van der Waals surface area contributed by atoms with E-state index in [1.807, 2.05) is 12.1 Å². The number of rotatable bonds is 6. The van der Waals surface area contributed by atoms with Crippen molar-refractivity contribution in [1.29, 1.82) is 0 Å². The van der Waals surface area contributed by atoms with Crippen LogP contribution in [0.2, 0.25) is 0 Å². The topological polar surface area (TPSA) is 75.7 Å². The largest absolute Gasteiger partial charge is 0.497 e. The SMILES string of the molecule is COc1ccc(C(NC(C)c2nn[nH]n2)C2CC2)cc1. The predicted octanol–water partition coefficient (Wildman–Crippen LogP) is 2.01. The number of benzene rings is 1. The molecule has 1 aliphatic carbocycles. The Kier molecular flexibility index (Phi) is 3.64. The summed E-state index contributed by atoms with van der Waals surface area (Å²) in [7, 11) is 1.68. The molecule has 6 heteroatoms. The molecule has 0 bridgehead atoms. The maximum Gasteiger partial charge on any atom is 0.191 e. The lowest BCUT2D eigenvalue weighted by Crippen LogP contribution is -2.27. The van der Waals surface area contributed by atoms with Gasteiger partial charge in [0.1, 0.15) is 5.75 Å². The lowest BCUT2D eigenvalue weighted by atomic mass is 10.0. The molecule has 0 spiro atoms. The van der Waals surface area contributed by atoms with Gasteiger partial charge in [-0.15, -0.1) is 10.2 Å². The molecule has 3 rings (SSSR count). The number of H-pyrrole nitrogens is 1. The molecule has 1 aromatic heterocycles. The van der Waals surface area contributed by atoms with Crippen molar-refractivity contribution in [3.63, 3.8) is 0 Å². The Labute approximate surface area is 117 Å². The van der Waals surface area contributed by atoms with Gasteiger partial charge in [-0.25, -0.2) is 0 Å². The third kappa shape index (κ3) is 2.80. The first-order chi connectivity index (χ1) is 9.78. The standard InChI is InChI=1S/C14H19N5O/c1-9(14-16-18-19-17-14)15-13(10-3-4-10)11-5-7-12(20-2)8-6-11/h5-10,13,15H,3-4H2,1-2H3,(H,16,17,18,19). The van der Waals surface area contributed by atoms with Crippen molar-refractivity contribution in [2.24, 2.45) is 5.92 Å². The van der Waals surface area contributed by atoms with Crippen LogP contribution in [0, 0.1) is 5.92 Å². The number of nitrogens with zero attached hydrogens (tertiary/aromatic N) is 3. The van der Waals surface area contributed by atoms with Crippen LogP contribution in [0.5, 0.6) is 5.75 Å². The maximum absolute atomic E-state index is 5.21. The fourth-order valence-electron chi connectivity index (χ4n) is 2.44. The third-order valence-electron chi connectivity index (χ3n) is 3.75. The molecule has 1 aliphatic rings. The molecule has 2 aromatic rings. The number of nitrogens with one attached hydrogen (secondary N) is 2. The summed E-state index contributed by atoms with van der Waals surface area (Å²) < 4.78 is 5.21. The molecule has 20 heavy (non-hydrogen) atoms. The van der Waals surface area contributed by atoms with Crippen molar-refractivity contribution >= 4 is 0 Å². The van der Waals surface area contributed by atoms with Gasteiger partial charge in [-0.1, -0.05) is 17.3 Å². The van der Waals surface area contributed by atoms with Gasteiger partial charge in [-0.2, -0.15) is 5.21 Å². The summed E-state index contributed by atoms with van der Waals surface area (Å²) in [5.41, 5.74) is 1.28. The van der Waals surface area contributed by atoms with E-state index in [1.165, 1.54) is 18.4 Å². The van der Waals surface area contributed by atoms with Crippen LogP contribution in [-0.2, 0) is 0 Å². The second-order valence-corrected chi connectivity index (χ2v) is 5.25. The van der Waals surface area contributed by atoms with Crippen molar-refractivity contribution < 1.29 is 4.74 Å². The first kappa shape index (κ1) is 13.1. The van der Waals surface area contributed by atoms with E-state index in [0.717, 1.165) is 5.75 Å². The van der Waals surface area contributed by atoms with E-state index in [-0.39, 0.29) is 6.04 Å². The van der Waals surface area contributed by atoms with Gasteiger partial charge in [-0.05, 0) is 43.4 Å². The third-order valence-corrected chi connectivity index (χ3v) is 3.75. The minimum atomic E-state index is 0.0708. The smallest absolute Gasteiger partial charge is 0.191 e. The number of aromatic amines is 1. The van der Waals surface area contributed by atoms with E-state index in [9.17, 15) is 0 Å². The van der Waals surface area contributed by atoms with Gasteiger partial charge in [0.25, 0.3) is 0 Å². The highest BCUT2D eigenvalue weighted by molar-refractivity contribution is 5.30. The minimum absolute atomic E-state index is 0.0708. The first-order valence-corrected chi connectivity index (χ1v) is 6.91. The molecule has 0 aliphatic heterocycles. The van der Waals surface area contributed by atoms with Gasteiger partial charge in [-0.3, -0.25) is 0 Å². The fourth-order valence-corrected chi connectivity index (χ4v) is 2.44. The molecule has 2 unspecified atom stereocenters. The van der Waals surface area contributed by atoms with Crippen LogP contribution in [0.3, 0.4) is 0 Å². The highest BCUT2D eigenvalue weighted by atomic mass is 16.5. The van der Waals surface area contributed by atoms with E-state index in [1.54, 1.807) is 7.11 Å². The quantitative estimate of drug-likeness (QED) is 0.842. The summed E-state index contributed by atoms with van der Waals surface area (Å²) in [6.45, 7) is 2.06. The molecule has 1 saturated carbocycles. The number of hydrogen-bond acceptors (Lipinski definition) is 5. The Morgan fingerprint density at radius 1 is 1.30 bits per heavy atom. The predicted molar refractivity (Wildman–Crippen MR) is 74.2 cm³/mol. The van der Waals surface area contributed by atoms with Crippen LogP contribution in [0.1, 0.15) is 43.2 Å². The van der Waals surface area contributed by atoms with Gasteiger partial charge >= 0.3 is 0 Å². The summed E-state index contributed by atoms with van der Waals surface area (Å²) >= 11 is 0. The van der Waals surface area contributed by atoms with Crippen molar-refractivity contribution in [3.8, 4) is 5.75 Å². The summed E-state index contributed by atoms with van der Waals surface area (Å²) in [5.74, 6) is 2.27. The minimum Gasteiger partial charge on any atom is -0.497 e. The second-order valence-electron chi connectivity index (χ2n) is 5.25. The number of methoxy groups -OCH3 is 1. The second kappa shape index (κ2) is 5.58. The monoisotopic (exact) mass is 273 g/mol. The van der Waals surface area contributed by atoms with Gasteiger partial charge in [0.15, 0.2) is 5.82 Å². The molecular formula is C14H19N5O. The average Bonchev–Trinajstić information content (AvgIpc) is 3.17. The van der Waals surface area contributed by atoms with Crippen LogP contribution >= 0.6 is 0 Å². The van der Waals surface area contributed by atoms with Gasteiger partial charge < -0.3 is 10.1 Å². The molecule has 1 aromatic carbocycles. The Morgan fingerprint density at radius 2 is 2.05 bits per heavy atom. The zero-order chi connectivity index (χ0) is 13.9. The number of tetrazole rings is 1. The highest BCUT2D eigenvalue weighted by Gasteiger charge is 2.33. The van der Waals surface area contributed by atoms with Crippen molar-refractivity contribution in [2.75, 3.05) is 7.11 Å². The Balaban J connectivity index is 1.75. The van der Waals surface area contributed by atoms with Crippen LogP contribution in [-0.4, -0.2) is 27.7 Å². The molecule has 0 saturated heterocycles. The number of ether oxygens (including phenoxy) is 1. The molecule has 106 valence electrons. The lowest BCUT2D eigenvalue weighted by molar-refractivity contribution is 0.408.